The van der Waals surface area contributed by atoms with Gasteiger partial charge in [0.1, 0.15) is 5.75 Å². The maximum atomic E-state index is 12.9. The molecule has 3 aromatic carbocycles. The third kappa shape index (κ3) is 10.3. The highest BCUT2D eigenvalue weighted by Gasteiger charge is 2.19. The molecule has 0 aliphatic heterocycles. The van der Waals surface area contributed by atoms with Gasteiger partial charge in [0.15, 0.2) is 5.82 Å². The van der Waals surface area contributed by atoms with Gasteiger partial charge in [-0.3, -0.25) is 9.59 Å². The van der Waals surface area contributed by atoms with Gasteiger partial charge in [-0.25, -0.2) is 9.97 Å². The average Bonchev–Trinajstić information content (AvgIpc) is 3.03. The van der Waals surface area contributed by atoms with Gasteiger partial charge >= 0.3 is 5.97 Å². The first kappa shape index (κ1) is 33.4. The van der Waals surface area contributed by atoms with Gasteiger partial charge in [-0.15, -0.1) is 0 Å². The van der Waals surface area contributed by atoms with Gasteiger partial charge in [0.2, 0.25) is 0 Å². The lowest BCUT2D eigenvalue weighted by atomic mass is 9.86. The molecule has 1 amide bonds. The van der Waals surface area contributed by atoms with E-state index in [1.165, 1.54) is 25.7 Å². The van der Waals surface area contributed by atoms with E-state index in [1.807, 2.05) is 73.1 Å². The number of nitrogens with one attached hydrogen (secondary N) is 1. The number of unbranched alkanes of at least 4 members (excludes halogenated alkanes) is 4. The highest BCUT2D eigenvalue weighted by atomic mass is 16.5. The minimum absolute atomic E-state index is 0.0190. The number of hydrogen-bond donors (Lipinski definition) is 2. The van der Waals surface area contributed by atoms with Crippen molar-refractivity contribution in [3.05, 3.63) is 102 Å². The number of nitrogens with zero attached hydrogens (tertiary/aromatic N) is 2. The summed E-state index contributed by atoms with van der Waals surface area (Å²) in [6.07, 6.45) is 9.90. The number of ether oxygens (including phenoxy) is 1. The summed E-state index contributed by atoms with van der Waals surface area (Å²) < 4.78 is 5.88. The number of hydrogen-bond acceptors (Lipinski definition) is 5. The van der Waals surface area contributed by atoms with Crippen LogP contribution >= 0.6 is 0 Å². The molecule has 0 saturated carbocycles. The molecule has 0 spiro atoms. The molecule has 0 aliphatic rings. The van der Waals surface area contributed by atoms with Crippen molar-refractivity contribution in [2.45, 2.75) is 84.1 Å². The first-order valence-electron chi connectivity index (χ1n) is 15.9. The summed E-state index contributed by atoms with van der Waals surface area (Å²) in [5.41, 5.74) is 5.31. The van der Waals surface area contributed by atoms with E-state index in [1.54, 1.807) is 12.1 Å². The monoisotopic (exact) mass is 607 g/mol. The summed E-state index contributed by atoms with van der Waals surface area (Å²) >= 11 is 0. The lowest BCUT2D eigenvalue weighted by Gasteiger charge is -2.20. The number of carbonyl (C=O) groups excluding carboxylic acids is 1. The molecular formula is C38H45N3O4. The Hall–Kier alpha value is -4.52. The summed E-state index contributed by atoms with van der Waals surface area (Å²) in [7, 11) is 0. The maximum absolute atomic E-state index is 12.9. The Morgan fingerprint density at radius 3 is 2.02 bits per heavy atom. The van der Waals surface area contributed by atoms with Crippen molar-refractivity contribution in [3.8, 4) is 28.3 Å². The Balaban J connectivity index is 1.34. The third-order valence-corrected chi connectivity index (χ3v) is 7.82. The van der Waals surface area contributed by atoms with Gasteiger partial charge in [-0.2, -0.15) is 0 Å². The van der Waals surface area contributed by atoms with Crippen LogP contribution in [-0.4, -0.2) is 39.6 Å². The van der Waals surface area contributed by atoms with E-state index in [0.717, 1.165) is 46.6 Å². The quantitative estimate of drug-likeness (QED) is 0.132. The molecule has 0 unspecified atom stereocenters. The van der Waals surface area contributed by atoms with Crippen LogP contribution in [0.15, 0.2) is 85.2 Å². The summed E-state index contributed by atoms with van der Waals surface area (Å²) in [6.45, 7) is 9.30. The van der Waals surface area contributed by atoms with Gasteiger partial charge in [-0.1, -0.05) is 102 Å². The molecule has 45 heavy (non-hydrogen) atoms. The Kier molecular flexibility index (Phi) is 11.9. The number of amides is 1. The number of aromatic nitrogens is 2. The number of benzene rings is 3. The van der Waals surface area contributed by atoms with Crippen LogP contribution in [0.4, 0.5) is 0 Å². The highest BCUT2D eigenvalue weighted by Crippen LogP contribution is 2.25. The minimum Gasteiger partial charge on any atom is -0.494 e. The van der Waals surface area contributed by atoms with Gasteiger partial charge in [0.25, 0.3) is 5.91 Å². The van der Waals surface area contributed by atoms with Crippen molar-refractivity contribution < 1.29 is 19.4 Å². The molecule has 7 nitrogen and oxygen atoms in total. The molecule has 0 bridgehead atoms. The van der Waals surface area contributed by atoms with Crippen molar-refractivity contribution in [1.29, 1.82) is 0 Å². The summed E-state index contributed by atoms with van der Waals surface area (Å²) in [5.74, 6) is 0.217. The molecule has 0 fully saturated rings. The van der Waals surface area contributed by atoms with Crippen molar-refractivity contribution >= 4 is 11.9 Å². The predicted molar refractivity (Wildman–Crippen MR) is 180 cm³/mol. The fourth-order valence-corrected chi connectivity index (χ4v) is 5.12. The molecule has 236 valence electrons. The first-order valence-corrected chi connectivity index (χ1v) is 15.9. The molecule has 1 aromatic heterocycles. The van der Waals surface area contributed by atoms with E-state index in [-0.39, 0.29) is 17.7 Å². The topological polar surface area (TPSA) is 101 Å². The zero-order valence-electron chi connectivity index (χ0n) is 26.9. The SMILES string of the molecule is CCCCCCCOc1ccc(-c2cnc(-c3ccc(C[C@@H](CC(=O)O)NC(=O)c4ccc(C(C)(C)C)cc4)cc3)nc2)cc1. The Morgan fingerprint density at radius 1 is 0.800 bits per heavy atom. The normalized spacial score (nSPS) is 12.0. The lowest BCUT2D eigenvalue weighted by Crippen LogP contribution is -2.38. The van der Waals surface area contributed by atoms with Crippen LogP contribution in [0.5, 0.6) is 5.75 Å². The number of carboxylic acid groups (broad SMARTS) is 1. The summed E-state index contributed by atoms with van der Waals surface area (Å²) in [4.78, 5) is 33.7. The van der Waals surface area contributed by atoms with Crippen LogP contribution in [0, 0.1) is 0 Å². The van der Waals surface area contributed by atoms with E-state index < -0.39 is 12.0 Å². The molecular weight excluding hydrogens is 562 g/mol. The van der Waals surface area contributed by atoms with E-state index in [9.17, 15) is 14.7 Å². The van der Waals surface area contributed by atoms with Crippen LogP contribution in [0.1, 0.15) is 87.7 Å². The standard InChI is InChI=1S/C38H45N3O4/c1-5-6-7-8-9-22-45-34-20-16-28(17-21-34)31-25-39-36(40-26-31)29-12-10-27(11-13-29)23-33(24-35(42)43)41-37(44)30-14-18-32(19-15-30)38(2,3)4/h10-21,25-26,33H,5-9,22-24H2,1-4H3,(H,41,44)(H,42,43)/t33-/m0/s1. The second-order valence-corrected chi connectivity index (χ2v) is 12.6. The van der Waals surface area contributed by atoms with Crippen LogP contribution in [-0.2, 0) is 16.6 Å². The van der Waals surface area contributed by atoms with Crippen molar-refractivity contribution in [2.75, 3.05) is 6.61 Å². The largest absolute Gasteiger partial charge is 0.494 e. The van der Waals surface area contributed by atoms with Gasteiger partial charge < -0.3 is 15.2 Å². The zero-order valence-corrected chi connectivity index (χ0v) is 26.9. The lowest BCUT2D eigenvalue weighted by molar-refractivity contribution is -0.137. The first-order chi connectivity index (χ1) is 21.6. The number of aliphatic carboxylic acids is 1. The second-order valence-electron chi connectivity index (χ2n) is 12.6. The zero-order chi connectivity index (χ0) is 32.2. The Labute approximate surface area is 267 Å². The minimum atomic E-state index is -0.964. The maximum Gasteiger partial charge on any atom is 0.305 e. The van der Waals surface area contributed by atoms with Gasteiger partial charge in [0, 0.05) is 35.1 Å². The molecule has 2 N–H and O–H groups in total. The third-order valence-electron chi connectivity index (χ3n) is 7.82. The molecule has 4 aromatic rings. The Morgan fingerprint density at radius 2 is 1.42 bits per heavy atom. The Bertz CT molecular complexity index is 1510. The van der Waals surface area contributed by atoms with E-state index >= 15 is 0 Å². The van der Waals surface area contributed by atoms with Crippen molar-refractivity contribution in [3.63, 3.8) is 0 Å². The predicted octanol–water partition coefficient (Wildman–Crippen LogP) is 8.27. The van der Waals surface area contributed by atoms with E-state index in [2.05, 4.69) is 43.0 Å². The molecule has 0 saturated heterocycles. The van der Waals surface area contributed by atoms with Crippen molar-refractivity contribution in [1.82, 2.24) is 15.3 Å². The molecule has 7 heteroatoms. The van der Waals surface area contributed by atoms with Crippen molar-refractivity contribution in [2.24, 2.45) is 0 Å². The van der Waals surface area contributed by atoms with Crippen LogP contribution in [0.3, 0.4) is 0 Å². The van der Waals surface area contributed by atoms with Crippen LogP contribution in [0.2, 0.25) is 0 Å². The molecule has 0 aliphatic carbocycles. The number of carbonyl (C=O) groups is 2. The smallest absolute Gasteiger partial charge is 0.305 e. The highest BCUT2D eigenvalue weighted by molar-refractivity contribution is 5.94. The molecule has 4 rings (SSSR count). The molecule has 1 heterocycles. The van der Waals surface area contributed by atoms with Gasteiger partial charge in [-0.05, 0) is 59.2 Å². The van der Waals surface area contributed by atoms with Crippen LogP contribution < -0.4 is 10.1 Å². The van der Waals surface area contributed by atoms with E-state index in [4.69, 9.17) is 4.74 Å². The number of rotatable bonds is 15. The van der Waals surface area contributed by atoms with Crippen LogP contribution in [0.25, 0.3) is 22.5 Å². The summed E-state index contributed by atoms with van der Waals surface area (Å²) in [5, 5.41) is 12.4. The molecule has 1 atom stereocenters. The second kappa shape index (κ2) is 16.0. The fraction of sp³-hybridized carbons (Fsp3) is 0.368. The molecule has 0 radical (unpaired) electrons. The van der Waals surface area contributed by atoms with Gasteiger partial charge in [0.05, 0.1) is 13.0 Å². The fourth-order valence-electron chi connectivity index (χ4n) is 5.12. The average molecular weight is 608 g/mol. The number of carboxylic acids is 1. The summed E-state index contributed by atoms with van der Waals surface area (Å²) in [6, 6.07) is 22.6. The van der Waals surface area contributed by atoms with E-state index in [0.29, 0.717) is 17.8 Å².